The molecule has 1 amide bonds. The highest BCUT2D eigenvalue weighted by molar-refractivity contribution is 5.79. The van der Waals surface area contributed by atoms with E-state index in [-0.39, 0.29) is 6.42 Å². The van der Waals surface area contributed by atoms with Crippen LogP contribution in [0.3, 0.4) is 0 Å². The number of aliphatic carboxylic acids is 1. The lowest BCUT2D eigenvalue weighted by Gasteiger charge is -2.18. The highest BCUT2D eigenvalue weighted by atomic mass is 19.4. The predicted molar refractivity (Wildman–Crippen MR) is 68.5 cm³/mol. The Balaban J connectivity index is 2.57. The Hall–Kier alpha value is -2.09. The molecule has 0 aromatic heterocycles. The summed E-state index contributed by atoms with van der Waals surface area (Å²) in [7, 11) is 0. The number of hydrogen-bond donors (Lipinski definition) is 3. The number of nitrogens with one attached hydrogen (secondary N) is 2. The fraction of sp³-hybridized carbons (Fsp3) is 0.385. The van der Waals surface area contributed by atoms with Crippen LogP contribution >= 0.6 is 0 Å². The van der Waals surface area contributed by atoms with E-state index in [1.165, 1.54) is 0 Å². The number of carboxylic acids is 1. The Morgan fingerprint density at radius 3 is 2.33 bits per heavy atom. The molecule has 0 spiro atoms. The normalized spacial score (nSPS) is 12.7. The number of alkyl halides is 3. The van der Waals surface area contributed by atoms with Crippen molar-refractivity contribution in [3.63, 3.8) is 0 Å². The van der Waals surface area contributed by atoms with E-state index in [9.17, 15) is 22.8 Å². The second-order valence-electron chi connectivity index (χ2n) is 4.35. The van der Waals surface area contributed by atoms with Crippen LogP contribution in [0.5, 0.6) is 0 Å². The molecule has 1 rings (SSSR count). The van der Waals surface area contributed by atoms with Gasteiger partial charge in [0.15, 0.2) is 0 Å². The number of carboxylic acid groups (broad SMARTS) is 1. The molecule has 5 nitrogen and oxygen atoms in total. The molecule has 116 valence electrons. The second-order valence-corrected chi connectivity index (χ2v) is 4.35. The third-order valence-electron chi connectivity index (χ3n) is 2.53. The highest BCUT2D eigenvalue weighted by Gasteiger charge is 2.27. The van der Waals surface area contributed by atoms with Gasteiger partial charge in [-0.25, -0.2) is 0 Å². The molecule has 0 saturated heterocycles. The van der Waals surface area contributed by atoms with Crippen LogP contribution in [0.15, 0.2) is 30.3 Å². The van der Waals surface area contributed by atoms with Crippen molar-refractivity contribution in [3.8, 4) is 0 Å². The first-order chi connectivity index (χ1) is 9.78. The summed E-state index contributed by atoms with van der Waals surface area (Å²) in [6.45, 7) is -1.82. The van der Waals surface area contributed by atoms with E-state index in [1.54, 1.807) is 30.3 Å². The summed E-state index contributed by atoms with van der Waals surface area (Å²) in [6, 6.07) is 7.57. The van der Waals surface area contributed by atoms with Gasteiger partial charge in [0, 0.05) is 0 Å². The number of hydrogen-bond acceptors (Lipinski definition) is 3. The molecular weight excluding hydrogens is 289 g/mol. The molecule has 0 radical (unpaired) electrons. The van der Waals surface area contributed by atoms with Gasteiger partial charge >= 0.3 is 12.1 Å². The van der Waals surface area contributed by atoms with E-state index >= 15 is 0 Å². The SMILES string of the molecule is O=C(O)CC(NC(=O)CNCC(F)(F)F)c1ccccc1. The monoisotopic (exact) mass is 304 g/mol. The number of rotatable bonds is 7. The van der Waals surface area contributed by atoms with Gasteiger partial charge in [-0.2, -0.15) is 13.2 Å². The Morgan fingerprint density at radius 2 is 1.81 bits per heavy atom. The minimum absolute atomic E-state index is 0.352. The van der Waals surface area contributed by atoms with Crippen LogP contribution in [0.25, 0.3) is 0 Å². The Kier molecular flexibility index (Phi) is 6.16. The number of carbonyl (C=O) groups is 2. The molecule has 3 N–H and O–H groups in total. The van der Waals surface area contributed by atoms with E-state index < -0.39 is 37.2 Å². The molecule has 0 heterocycles. The van der Waals surface area contributed by atoms with Crippen molar-refractivity contribution < 1.29 is 27.9 Å². The van der Waals surface area contributed by atoms with Crippen LogP contribution in [0.2, 0.25) is 0 Å². The lowest BCUT2D eigenvalue weighted by Crippen LogP contribution is -2.40. The lowest BCUT2D eigenvalue weighted by atomic mass is 10.0. The zero-order chi connectivity index (χ0) is 15.9. The quantitative estimate of drug-likeness (QED) is 0.713. The summed E-state index contributed by atoms with van der Waals surface area (Å²) >= 11 is 0. The van der Waals surface area contributed by atoms with Gasteiger partial charge in [-0.1, -0.05) is 30.3 Å². The molecule has 21 heavy (non-hydrogen) atoms. The fourth-order valence-corrected chi connectivity index (χ4v) is 1.68. The maximum atomic E-state index is 11.9. The van der Waals surface area contributed by atoms with Gasteiger partial charge in [0.05, 0.1) is 25.6 Å². The van der Waals surface area contributed by atoms with Gasteiger partial charge < -0.3 is 15.7 Å². The van der Waals surface area contributed by atoms with Crippen molar-refractivity contribution in [1.82, 2.24) is 10.6 Å². The van der Waals surface area contributed by atoms with Crippen LogP contribution < -0.4 is 10.6 Å². The molecule has 0 saturated carbocycles. The number of amides is 1. The molecule has 8 heteroatoms. The smallest absolute Gasteiger partial charge is 0.401 e. The van der Waals surface area contributed by atoms with Crippen LogP contribution in [0, 0.1) is 0 Å². The summed E-state index contributed by atoms with van der Waals surface area (Å²) in [5.41, 5.74) is 0.573. The van der Waals surface area contributed by atoms with Crippen molar-refractivity contribution in [2.24, 2.45) is 0 Å². The average Bonchev–Trinajstić information content (AvgIpc) is 2.37. The van der Waals surface area contributed by atoms with Gasteiger partial charge in [-0.05, 0) is 5.56 Å². The van der Waals surface area contributed by atoms with Crippen LogP contribution in [-0.2, 0) is 9.59 Å². The van der Waals surface area contributed by atoms with Crippen LogP contribution in [0.1, 0.15) is 18.0 Å². The first-order valence-electron chi connectivity index (χ1n) is 6.11. The molecule has 1 atom stereocenters. The standard InChI is InChI=1S/C13H15F3N2O3/c14-13(15,16)8-17-7-11(19)18-10(6-12(20)21)9-4-2-1-3-5-9/h1-5,10,17H,6-8H2,(H,18,19)(H,20,21). The average molecular weight is 304 g/mol. The molecule has 0 aliphatic heterocycles. The van der Waals surface area contributed by atoms with Crippen molar-refractivity contribution in [2.75, 3.05) is 13.1 Å². The lowest BCUT2D eigenvalue weighted by molar-refractivity contribution is -0.137. The van der Waals surface area contributed by atoms with Gasteiger partial charge in [-0.15, -0.1) is 0 Å². The summed E-state index contributed by atoms with van der Waals surface area (Å²) < 4.78 is 35.8. The van der Waals surface area contributed by atoms with E-state index in [1.807, 2.05) is 5.32 Å². The largest absolute Gasteiger partial charge is 0.481 e. The summed E-state index contributed by atoms with van der Waals surface area (Å²) in [5.74, 6) is -1.82. The molecule has 1 unspecified atom stereocenters. The molecule has 0 aliphatic rings. The topological polar surface area (TPSA) is 78.4 Å². The molecule has 1 aromatic carbocycles. The predicted octanol–water partition coefficient (Wildman–Crippen LogP) is 1.47. The zero-order valence-electron chi connectivity index (χ0n) is 11.0. The molecule has 0 bridgehead atoms. The van der Waals surface area contributed by atoms with Gasteiger partial charge in [-0.3, -0.25) is 9.59 Å². The van der Waals surface area contributed by atoms with Crippen molar-refractivity contribution >= 4 is 11.9 Å². The van der Waals surface area contributed by atoms with Crippen molar-refractivity contribution in [1.29, 1.82) is 0 Å². The fourth-order valence-electron chi connectivity index (χ4n) is 1.68. The molecule has 0 aliphatic carbocycles. The minimum Gasteiger partial charge on any atom is -0.481 e. The molecule has 0 fully saturated rings. The Labute approximate surface area is 119 Å². The third-order valence-corrected chi connectivity index (χ3v) is 2.53. The highest BCUT2D eigenvalue weighted by Crippen LogP contribution is 2.16. The van der Waals surface area contributed by atoms with E-state index in [2.05, 4.69) is 5.32 Å². The summed E-state index contributed by atoms with van der Waals surface area (Å²) in [4.78, 5) is 22.4. The van der Waals surface area contributed by atoms with Crippen molar-refractivity contribution in [3.05, 3.63) is 35.9 Å². The summed E-state index contributed by atoms with van der Waals surface area (Å²) in [6.07, 6.45) is -4.75. The van der Waals surface area contributed by atoms with Gasteiger partial charge in [0.1, 0.15) is 0 Å². The van der Waals surface area contributed by atoms with Crippen LogP contribution in [-0.4, -0.2) is 36.2 Å². The van der Waals surface area contributed by atoms with E-state index in [0.717, 1.165) is 0 Å². The number of carbonyl (C=O) groups excluding carboxylic acids is 1. The summed E-state index contributed by atoms with van der Waals surface area (Å²) in [5, 5.41) is 13.2. The maximum absolute atomic E-state index is 11.9. The molecular formula is C13H15F3N2O3. The van der Waals surface area contributed by atoms with Gasteiger partial charge in [0.2, 0.25) is 5.91 Å². The van der Waals surface area contributed by atoms with E-state index in [0.29, 0.717) is 5.56 Å². The molecule has 1 aromatic rings. The first kappa shape index (κ1) is 17.0. The number of halogens is 3. The second kappa shape index (κ2) is 7.63. The van der Waals surface area contributed by atoms with Gasteiger partial charge in [0.25, 0.3) is 0 Å². The first-order valence-corrected chi connectivity index (χ1v) is 6.11. The van der Waals surface area contributed by atoms with E-state index in [4.69, 9.17) is 5.11 Å². The zero-order valence-corrected chi connectivity index (χ0v) is 11.0. The third kappa shape index (κ3) is 7.31. The van der Waals surface area contributed by atoms with Crippen LogP contribution in [0.4, 0.5) is 13.2 Å². The maximum Gasteiger partial charge on any atom is 0.401 e. The Bertz CT molecular complexity index is 477. The Morgan fingerprint density at radius 1 is 1.19 bits per heavy atom. The number of benzene rings is 1. The van der Waals surface area contributed by atoms with Crippen molar-refractivity contribution in [2.45, 2.75) is 18.6 Å². The minimum atomic E-state index is -4.40.